The van der Waals surface area contributed by atoms with E-state index in [1.807, 2.05) is 0 Å². The Balaban J connectivity index is 2.79. The first-order valence-electron chi connectivity index (χ1n) is 7.79. The van der Waals surface area contributed by atoms with Crippen molar-refractivity contribution in [2.75, 3.05) is 13.2 Å². The highest BCUT2D eigenvalue weighted by Crippen LogP contribution is 2.32. The van der Waals surface area contributed by atoms with Crippen LogP contribution in [0, 0.1) is 0 Å². The molecule has 2 aliphatic rings. The van der Waals surface area contributed by atoms with E-state index in [4.69, 9.17) is 13.6 Å². The normalized spacial score (nSPS) is 12.4. The Kier molecular flexibility index (Phi) is 3.23. The third-order valence-electron chi connectivity index (χ3n) is 2.67. The molecule has 0 saturated carbocycles. The Hall–Kier alpha value is -2.36. The highest BCUT2D eigenvalue weighted by atomic mass is 16.5. The van der Waals surface area contributed by atoms with Crippen LogP contribution in [0.5, 0.6) is 0 Å². The van der Waals surface area contributed by atoms with E-state index >= 15 is 0 Å². The molecule has 0 atom stereocenters. The Bertz CT molecular complexity index is 684. The van der Waals surface area contributed by atoms with E-state index in [9.17, 15) is 9.59 Å². The topological polar surface area (TPSA) is 52.6 Å². The summed E-state index contributed by atoms with van der Waals surface area (Å²) in [5.41, 5.74) is 0.294. The molecule has 0 aromatic carbocycles. The summed E-state index contributed by atoms with van der Waals surface area (Å²) in [5.74, 6) is -1.36. The summed E-state index contributed by atoms with van der Waals surface area (Å²) < 4.78 is 33.8. The van der Waals surface area contributed by atoms with Crippen LogP contribution in [0.4, 0.5) is 0 Å². The average molecular weight is 275 g/mol. The molecule has 2 aliphatic carbocycles. The van der Waals surface area contributed by atoms with Crippen LogP contribution < -0.4 is 0 Å². The molecular weight excluding hydrogens is 256 g/mol. The predicted molar refractivity (Wildman–Crippen MR) is 75.0 cm³/mol. The van der Waals surface area contributed by atoms with Gasteiger partial charge in [0, 0.05) is 0 Å². The largest absolute Gasteiger partial charge is 0.462 e. The van der Waals surface area contributed by atoms with Gasteiger partial charge in [-0.3, -0.25) is 0 Å². The van der Waals surface area contributed by atoms with Gasteiger partial charge in [-0.05, 0) is 31.0 Å². The summed E-state index contributed by atoms with van der Waals surface area (Å²) >= 11 is 0. The average Bonchev–Trinajstić information content (AvgIpc) is 2.83. The van der Waals surface area contributed by atoms with Crippen molar-refractivity contribution in [2.45, 2.75) is 13.8 Å². The zero-order chi connectivity index (χ0) is 17.1. The predicted octanol–water partition coefficient (Wildman–Crippen LogP) is 3.14. The lowest BCUT2D eigenvalue weighted by atomic mass is 10.1. The van der Waals surface area contributed by atoms with Crippen LogP contribution in [-0.4, -0.2) is 25.2 Å². The quantitative estimate of drug-likeness (QED) is 0.804. The van der Waals surface area contributed by atoms with Crippen molar-refractivity contribution in [3.05, 3.63) is 47.5 Å². The fraction of sp³-hybridized carbons (Fsp3) is 0.250. The van der Waals surface area contributed by atoms with E-state index in [1.165, 1.54) is 18.2 Å². The van der Waals surface area contributed by atoms with Crippen LogP contribution in [0.25, 0.3) is 11.1 Å². The number of carbonyl (C=O) groups is 2. The maximum absolute atomic E-state index is 12.1. The van der Waals surface area contributed by atoms with Gasteiger partial charge in [0.05, 0.1) is 28.5 Å². The highest BCUT2D eigenvalue weighted by Gasteiger charge is 2.24. The van der Waals surface area contributed by atoms with Gasteiger partial charge in [0.15, 0.2) is 0 Å². The summed E-state index contributed by atoms with van der Waals surface area (Å²) in [4.78, 5) is 24.3. The van der Waals surface area contributed by atoms with Gasteiger partial charge in [0.2, 0.25) is 0 Å². The number of esters is 2. The summed E-state index contributed by atoms with van der Waals surface area (Å²) in [5, 5.41) is 0. The lowest BCUT2D eigenvalue weighted by molar-refractivity contribution is 0.0525. The van der Waals surface area contributed by atoms with Crippen molar-refractivity contribution in [3.63, 3.8) is 0 Å². The van der Waals surface area contributed by atoms with Crippen LogP contribution in [-0.2, 0) is 9.47 Å². The number of carbonyl (C=O) groups excluding carboxylic acids is 2. The monoisotopic (exact) mass is 275 g/mol. The molecule has 0 spiro atoms. The molecule has 0 saturated heterocycles. The van der Waals surface area contributed by atoms with Gasteiger partial charge in [-0.1, -0.05) is 30.3 Å². The van der Waals surface area contributed by atoms with Gasteiger partial charge >= 0.3 is 11.9 Å². The SMILES string of the molecule is [2H]c1cc([2H])c2c(C(=O)OCC)cc(C(=O)OCC)c-2c([2H])c1. The van der Waals surface area contributed by atoms with Crippen LogP contribution in [0.15, 0.2) is 36.3 Å². The lowest BCUT2D eigenvalue weighted by Gasteiger charge is -2.02. The molecule has 0 fully saturated rings. The third-order valence-corrected chi connectivity index (χ3v) is 2.67. The number of hydrogen-bond donors (Lipinski definition) is 0. The van der Waals surface area contributed by atoms with Crippen molar-refractivity contribution in [3.8, 4) is 11.1 Å². The van der Waals surface area contributed by atoms with E-state index in [1.54, 1.807) is 13.8 Å². The minimum absolute atomic E-state index is 0.0269. The molecule has 0 aliphatic heterocycles. The van der Waals surface area contributed by atoms with Gasteiger partial charge < -0.3 is 9.47 Å². The Labute approximate surface area is 121 Å². The molecule has 0 N–H and O–H groups in total. The Morgan fingerprint density at radius 2 is 1.45 bits per heavy atom. The highest BCUT2D eigenvalue weighted by molar-refractivity contribution is 6.07. The van der Waals surface area contributed by atoms with Crippen LogP contribution in [0.3, 0.4) is 0 Å². The molecule has 2 rings (SSSR count). The molecular formula is C16H16O4. The molecule has 0 aromatic rings. The fourth-order valence-electron chi connectivity index (χ4n) is 1.87. The van der Waals surface area contributed by atoms with E-state index < -0.39 is 11.9 Å². The maximum atomic E-state index is 12.1. The molecule has 0 heterocycles. The minimum Gasteiger partial charge on any atom is -0.462 e. The van der Waals surface area contributed by atoms with Gasteiger partial charge in [0.25, 0.3) is 0 Å². The minimum atomic E-state index is -0.682. The molecule has 4 nitrogen and oxygen atoms in total. The van der Waals surface area contributed by atoms with Crippen molar-refractivity contribution < 1.29 is 23.2 Å². The first kappa shape index (κ1) is 10.4. The Morgan fingerprint density at radius 3 is 1.85 bits per heavy atom. The van der Waals surface area contributed by atoms with Crippen molar-refractivity contribution in [1.29, 1.82) is 0 Å². The third kappa shape index (κ3) is 2.64. The van der Waals surface area contributed by atoms with Gasteiger partial charge in [0.1, 0.15) is 0 Å². The zero-order valence-electron chi connectivity index (χ0n) is 14.3. The van der Waals surface area contributed by atoms with Crippen LogP contribution in [0.2, 0.25) is 0 Å². The summed E-state index contributed by atoms with van der Waals surface area (Å²) in [6.45, 7) is 3.58. The second kappa shape index (κ2) is 6.19. The fourth-order valence-corrected chi connectivity index (χ4v) is 1.87. The van der Waals surface area contributed by atoms with Crippen molar-refractivity contribution in [2.24, 2.45) is 0 Å². The molecule has 4 heteroatoms. The number of fused-ring (bicyclic) bond motifs is 1. The second-order valence-electron chi connectivity index (χ2n) is 3.91. The molecule has 0 bridgehead atoms. The lowest BCUT2D eigenvalue weighted by Crippen LogP contribution is -2.05. The Morgan fingerprint density at radius 1 is 1.00 bits per heavy atom. The van der Waals surface area contributed by atoms with Gasteiger partial charge in [-0.25, -0.2) is 9.59 Å². The van der Waals surface area contributed by atoms with Crippen LogP contribution in [0.1, 0.15) is 38.7 Å². The molecule has 20 heavy (non-hydrogen) atoms. The van der Waals surface area contributed by atoms with E-state index in [-0.39, 0.29) is 53.6 Å². The number of rotatable bonds is 4. The summed E-state index contributed by atoms with van der Waals surface area (Å²) in [7, 11) is 0. The van der Waals surface area contributed by atoms with Crippen molar-refractivity contribution >= 4 is 11.9 Å². The summed E-state index contributed by atoms with van der Waals surface area (Å²) in [6.07, 6.45) is 0. The van der Waals surface area contributed by atoms with Crippen LogP contribution >= 0.6 is 0 Å². The molecule has 0 aromatic heterocycles. The maximum Gasteiger partial charge on any atom is 0.338 e. The smallest absolute Gasteiger partial charge is 0.338 e. The van der Waals surface area contributed by atoms with E-state index in [2.05, 4.69) is 0 Å². The van der Waals surface area contributed by atoms with Gasteiger partial charge in [-0.2, -0.15) is 0 Å². The van der Waals surface area contributed by atoms with Crippen molar-refractivity contribution in [1.82, 2.24) is 0 Å². The standard InChI is InChI=1S/C16H16O4/c1-3-19-15(17)13-10-14(16(18)20-4-2)12-9-7-5-6-8-11(12)13/h5-10H,3-4H2,1-2H3/i5D,8D,9D. The first-order valence-corrected chi connectivity index (χ1v) is 6.29. The zero-order valence-corrected chi connectivity index (χ0v) is 11.3. The number of ether oxygens (including phenoxy) is 2. The first-order chi connectivity index (χ1) is 10.9. The number of hydrogen-bond acceptors (Lipinski definition) is 4. The molecule has 0 unspecified atom stereocenters. The molecule has 0 radical (unpaired) electrons. The van der Waals surface area contributed by atoms with E-state index in [0.29, 0.717) is 0 Å². The van der Waals surface area contributed by atoms with Gasteiger partial charge in [-0.15, -0.1) is 0 Å². The summed E-state index contributed by atoms with van der Waals surface area (Å²) in [6, 6.07) is 3.43. The second-order valence-corrected chi connectivity index (χ2v) is 3.91. The van der Waals surface area contributed by atoms with E-state index in [0.717, 1.165) is 0 Å². The molecule has 104 valence electrons. The molecule has 0 amide bonds.